The van der Waals surface area contributed by atoms with E-state index in [1.165, 1.54) is 6.07 Å². The Morgan fingerprint density at radius 1 is 1.20 bits per heavy atom. The normalized spacial score (nSPS) is 14.8. The van der Waals surface area contributed by atoms with Gasteiger partial charge in [0.1, 0.15) is 6.10 Å². The van der Waals surface area contributed by atoms with E-state index in [2.05, 4.69) is 10.3 Å². The van der Waals surface area contributed by atoms with Gasteiger partial charge in [-0.3, -0.25) is 0 Å². The van der Waals surface area contributed by atoms with Crippen LogP contribution in [0.3, 0.4) is 0 Å². The molecule has 0 saturated carbocycles. The zero-order chi connectivity index (χ0) is 17.9. The highest BCUT2D eigenvalue weighted by atomic mass is 19.4. The summed E-state index contributed by atoms with van der Waals surface area (Å²) >= 11 is 0. The van der Waals surface area contributed by atoms with Crippen molar-refractivity contribution in [2.45, 2.75) is 18.8 Å². The van der Waals surface area contributed by atoms with Crippen LogP contribution in [0.4, 0.5) is 18.0 Å². The number of hydrogen-bond acceptors (Lipinski definition) is 3. The van der Waals surface area contributed by atoms with Crippen LogP contribution in [0.2, 0.25) is 0 Å². The number of nitrogens with one attached hydrogen (secondary N) is 1. The number of nitrogens with zero attached hydrogens (tertiary/aromatic N) is 2. The van der Waals surface area contributed by atoms with E-state index in [0.29, 0.717) is 19.6 Å². The van der Waals surface area contributed by atoms with Crippen molar-refractivity contribution in [2.75, 3.05) is 13.1 Å². The summed E-state index contributed by atoms with van der Waals surface area (Å²) in [6, 6.07) is 11.4. The number of carbonyl (C=O) groups is 1. The monoisotopic (exact) mass is 351 g/mol. The number of aromatic nitrogens is 1. The lowest BCUT2D eigenvalue weighted by atomic mass is 10.2. The average molecular weight is 351 g/mol. The molecule has 1 N–H and O–H groups in total. The van der Waals surface area contributed by atoms with Crippen LogP contribution in [-0.2, 0) is 12.7 Å². The van der Waals surface area contributed by atoms with Crippen molar-refractivity contribution in [2.24, 2.45) is 0 Å². The van der Waals surface area contributed by atoms with E-state index >= 15 is 0 Å². The summed E-state index contributed by atoms with van der Waals surface area (Å²) in [4.78, 5) is 17.2. The molecule has 0 atom stereocenters. The highest BCUT2D eigenvalue weighted by molar-refractivity contribution is 5.75. The number of pyridine rings is 1. The third-order valence-corrected chi connectivity index (χ3v) is 3.77. The lowest BCUT2D eigenvalue weighted by Crippen LogP contribution is -2.58. The molecule has 2 heterocycles. The van der Waals surface area contributed by atoms with Gasteiger partial charge in [-0.1, -0.05) is 30.3 Å². The quantitative estimate of drug-likeness (QED) is 0.921. The first-order valence-electron chi connectivity index (χ1n) is 7.68. The third-order valence-electron chi connectivity index (χ3n) is 3.77. The van der Waals surface area contributed by atoms with Crippen LogP contribution in [0.1, 0.15) is 11.1 Å². The van der Waals surface area contributed by atoms with Gasteiger partial charge < -0.3 is 15.0 Å². The minimum Gasteiger partial charge on any atom is -0.471 e. The Balaban J connectivity index is 1.42. The van der Waals surface area contributed by atoms with E-state index in [4.69, 9.17) is 4.74 Å². The van der Waals surface area contributed by atoms with Crippen molar-refractivity contribution in [1.82, 2.24) is 15.2 Å². The van der Waals surface area contributed by atoms with Crippen molar-refractivity contribution in [3.05, 3.63) is 59.8 Å². The lowest BCUT2D eigenvalue weighted by Gasteiger charge is -2.38. The molecule has 0 bridgehead atoms. The van der Waals surface area contributed by atoms with Gasteiger partial charge in [-0.15, -0.1) is 0 Å². The Labute approximate surface area is 142 Å². The molecule has 2 amide bonds. The maximum Gasteiger partial charge on any atom is 0.417 e. The zero-order valence-electron chi connectivity index (χ0n) is 13.2. The molecule has 25 heavy (non-hydrogen) atoms. The maximum absolute atomic E-state index is 12.5. The first-order chi connectivity index (χ1) is 11.9. The number of amides is 2. The summed E-state index contributed by atoms with van der Waals surface area (Å²) in [6.45, 7) is 1.16. The van der Waals surface area contributed by atoms with E-state index < -0.39 is 11.7 Å². The molecule has 3 rings (SSSR count). The van der Waals surface area contributed by atoms with Crippen molar-refractivity contribution in [3.8, 4) is 5.88 Å². The third kappa shape index (κ3) is 4.40. The van der Waals surface area contributed by atoms with E-state index in [1.54, 1.807) is 4.90 Å². The Morgan fingerprint density at radius 3 is 2.52 bits per heavy atom. The van der Waals surface area contributed by atoms with Crippen LogP contribution in [0.25, 0.3) is 0 Å². The molecule has 1 aromatic carbocycles. The molecule has 1 aliphatic heterocycles. The summed E-state index contributed by atoms with van der Waals surface area (Å²) < 4.78 is 42.8. The number of alkyl halides is 3. The summed E-state index contributed by atoms with van der Waals surface area (Å²) in [5.74, 6) is 0.113. The fourth-order valence-electron chi connectivity index (χ4n) is 2.35. The molecule has 0 spiro atoms. The van der Waals surface area contributed by atoms with Crippen molar-refractivity contribution in [3.63, 3.8) is 0 Å². The molecule has 5 nitrogen and oxygen atoms in total. The largest absolute Gasteiger partial charge is 0.471 e. The first-order valence-corrected chi connectivity index (χ1v) is 7.68. The predicted molar refractivity (Wildman–Crippen MR) is 83.9 cm³/mol. The van der Waals surface area contributed by atoms with Gasteiger partial charge in [-0.2, -0.15) is 13.2 Å². The molecule has 1 aromatic heterocycles. The highest BCUT2D eigenvalue weighted by Gasteiger charge is 2.33. The molecule has 1 saturated heterocycles. The van der Waals surface area contributed by atoms with E-state index in [1.807, 2.05) is 30.3 Å². The molecule has 8 heteroatoms. The number of benzene rings is 1. The van der Waals surface area contributed by atoms with Crippen LogP contribution >= 0.6 is 0 Å². The molecule has 1 fully saturated rings. The van der Waals surface area contributed by atoms with Gasteiger partial charge in [-0.25, -0.2) is 9.78 Å². The van der Waals surface area contributed by atoms with Crippen molar-refractivity contribution in [1.29, 1.82) is 0 Å². The van der Waals surface area contributed by atoms with Gasteiger partial charge in [0.15, 0.2) is 0 Å². The van der Waals surface area contributed by atoms with Gasteiger partial charge in [0, 0.05) is 18.8 Å². The van der Waals surface area contributed by atoms with Crippen LogP contribution in [0, 0.1) is 0 Å². The number of ether oxygens (including phenoxy) is 1. The minimum absolute atomic E-state index is 0.113. The van der Waals surface area contributed by atoms with E-state index in [9.17, 15) is 18.0 Å². The molecule has 1 aliphatic rings. The van der Waals surface area contributed by atoms with Gasteiger partial charge in [0.05, 0.1) is 18.7 Å². The van der Waals surface area contributed by atoms with Crippen molar-refractivity contribution >= 4 is 6.03 Å². The molecular formula is C17H16F3N3O2. The van der Waals surface area contributed by atoms with Crippen LogP contribution in [0.15, 0.2) is 48.7 Å². The molecule has 132 valence electrons. The first kappa shape index (κ1) is 17.1. The minimum atomic E-state index is -4.42. The smallest absolute Gasteiger partial charge is 0.417 e. The lowest BCUT2D eigenvalue weighted by molar-refractivity contribution is -0.137. The van der Waals surface area contributed by atoms with Crippen LogP contribution < -0.4 is 10.1 Å². The standard InChI is InChI=1S/C17H16F3N3O2/c18-17(19,20)13-6-7-15(21-9-13)25-14-10-23(11-14)16(24)22-8-12-4-2-1-3-5-12/h1-7,9,14H,8,10-11H2,(H,22,24). The Hall–Kier alpha value is -2.77. The van der Waals surface area contributed by atoms with Gasteiger partial charge >= 0.3 is 12.2 Å². The average Bonchev–Trinajstić information content (AvgIpc) is 2.56. The Morgan fingerprint density at radius 2 is 1.92 bits per heavy atom. The Bertz CT molecular complexity index is 714. The molecular weight excluding hydrogens is 335 g/mol. The van der Waals surface area contributed by atoms with Crippen LogP contribution in [0.5, 0.6) is 5.88 Å². The molecule has 2 aromatic rings. The molecule has 0 aliphatic carbocycles. The fourth-order valence-corrected chi connectivity index (χ4v) is 2.35. The summed E-state index contributed by atoms with van der Waals surface area (Å²) in [5, 5.41) is 2.80. The highest BCUT2D eigenvalue weighted by Crippen LogP contribution is 2.29. The molecule has 0 radical (unpaired) electrons. The number of rotatable bonds is 4. The number of carbonyl (C=O) groups excluding carboxylic acids is 1. The van der Waals surface area contributed by atoms with E-state index in [-0.39, 0.29) is 18.0 Å². The van der Waals surface area contributed by atoms with Gasteiger partial charge in [-0.05, 0) is 11.6 Å². The number of hydrogen-bond donors (Lipinski definition) is 1. The topological polar surface area (TPSA) is 54.5 Å². The maximum atomic E-state index is 12.5. The van der Waals surface area contributed by atoms with E-state index in [0.717, 1.165) is 17.8 Å². The second-order valence-corrected chi connectivity index (χ2v) is 5.67. The summed E-state index contributed by atoms with van der Waals surface area (Å²) in [6.07, 6.45) is -3.96. The number of urea groups is 1. The van der Waals surface area contributed by atoms with Gasteiger partial charge in [0.2, 0.25) is 5.88 Å². The summed E-state index contributed by atoms with van der Waals surface area (Å²) in [5.41, 5.74) is 0.175. The SMILES string of the molecule is O=C(NCc1ccccc1)N1CC(Oc2ccc(C(F)(F)F)cn2)C1. The second-order valence-electron chi connectivity index (χ2n) is 5.67. The van der Waals surface area contributed by atoms with Gasteiger partial charge in [0.25, 0.3) is 0 Å². The number of likely N-dealkylation sites (tertiary alicyclic amines) is 1. The fraction of sp³-hybridized carbons (Fsp3) is 0.294. The predicted octanol–water partition coefficient (Wildman–Crippen LogP) is 3.07. The summed E-state index contributed by atoms with van der Waals surface area (Å²) in [7, 11) is 0. The second kappa shape index (κ2) is 7.00. The zero-order valence-corrected chi connectivity index (χ0v) is 13.2. The molecule has 0 unspecified atom stereocenters. The number of halogens is 3. The van der Waals surface area contributed by atoms with Crippen molar-refractivity contribution < 1.29 is 22.7 Å². The van der Waals surface area contributed by atoms with Crippen LogP contribution in [-0.4, -0.2) is 35.1 Å². The Kier molecular flexibility index (Phi) is 4.78.